The molecular weight excluding hydrogens is 238 g/mol. The summed E-state index contributed by atoms with van der Waals surface area (Å²) in [5.41, 5.74) is 0.906. The maximum atomic E-state index is 4.61. The maximum Gasteiger partial charge on any atom is 0.157 e. The number of fused-ring (bicyclic) bond motifs is 2. The molecule has 5 heteroatoms. The van der Waals surface area contributed by atoms with E-state index >= 15 is 0 Å². The molecule has 2 unspecified atom stereocenters. The molecule has 2 aliphatic rings. The lowest BCUT2D eigenvalue weighted by Gasteiger charge is -2.32. The van der Waals surface area contributed by atoms with Crippen molar-refractivity contribution in [3.63, 3.8) is 0 Å². The standard InChI is InChI=1S/C14H19N5/c1-2-8-18-9-5-11(12(18)3-1)16-13-6-10-19-14(17-13)4-7-15-19/h4,6-7,10-12H,1-3,5,8-9H2,(H,16,17). The molecule has 2 aliphatic heterocycles. The minimum Gasteiger partial charge on any atom is -0.366 e. The summed E-state index contributed by atoms with van der Waals surface area (Å²) in [5, 5.41) is 7.80. The number of nitrogens with one attached hydrogen (secondary N) is 1. The van der Waals surface area contributed by atoms with Gasteiger partial charge in [0.2, 0.25) is 0 Å². The van der Waals surface area contributed by atoms with Crippen molar-refractivity contribution in [2.24, 2.45) is 0 Å². The molecule has 0 aromatic carbocycles. The molecule has 5 nitrogen and oxygen atoms in total. The summed E-state index contributed by atoms with van der Waals surface area (Å²) in [5.74, 6) is 0.977. The summed E-state index contributed by atoms with van der Waals surface area (Å²) in [4.78, 5) is 7.24. The van der Waals surface area contributed by atoms with E-state index in [1.807, 2.05) is 18.3 Å². The smallest absolute Gasteiger partial charge is 0.157 e. The number of hydrogen-bond acceptors (Lipinski definition) is 4. The first-order valence-electron chi connectivity index (χ1n) is 7.21. The Labute approximate surface area is 112 Å². The van der Waals surface area contributed by atoms with E-state index in [0.717, 1.165) is 11.5 Å². The van der Waals surface area contributed by atoms with Crippen LogP contribution in [0.1, 0.15) is 25.7 Å². The van der Waals surface area contributed by atoms with Crippen molar-refractivity contribution in [2.45, 2.75) is 37.8 Å². The molecule has 4 heterocycles. The molecule has 0 saturated carbocycles. The SMILES string of the molecule is c1cc2nc(NC3CCN4CCCCC34)ccn2n1. The molecule has 100 valence electrons. The lowest BCUT2D eigenvalue weighted by Crippen LogP contribution is -2.41. The van der Waals surface area contributed by atoms with Crippen LogP contribution < -0.4 is 5.32 Å². The Morgan fingerprint density at radius 1 is 1.16 bits per heavy atom. The lowest BCUT2D eigenvalue weighted by molar-refractivity contribution is 0.192. The molecule has 2 aromatic rings. The van der Waals surface area contributed by atoms with Gasteiger partial charge in [-0.1, -0.05) is 6.42 Å². The molecule has 0 radical (unpaired) electrons. The van der Waals surface area contributed by atoms with Crippen LogP contribution in [0.3, 0.4) is 0 Å². The molecule has 0 spiro atoms. The van der Waals surface area contributed by atoms with Crippen molar-refractivity contribution < 1.29 is 0 Å². The highest BCUT2D eigenvalue weighted by Crippen LogP contribution is 2.28. The second kappa shape index (κ2) is 4.49. The van der Waals surface area contributed by atoms with E-state index < -0.39 is 0 Å². The van der Waals surface area contributed by atoms with Gasteiger partial charge in [-0.05, 0) is 31.9 Å². The number of anilines is 1. The van der Waals surface area contributed by atoms with Gasteiger partial charge >= 0.3 is 0 Å². The van der Waals surface area contributed by atoms with Gasteiger partial charge in [0.15, 0.2) is 5.65 Å². The largest absolute Gasteiger partial charge is 0.366 e. The lowest BCUT2D eigenvalue weighted by atomic mass is 9.99. The average Bonchev–Trinajstić information content (AvgIpc) is 3.06. The van der Waals surface area contributed by atoms with Crippen molar-refractivity contribution >= 4 is 11.5 Å². The van der Waals surface area contributed by atoms with E-state index in [1.165, 1.54) is 38.8 Å². The number of rotatable bonds is 2. The van der Waals surface area contributed by atoms with Gasteiger partial charge in [-0.2, -0.15) is 5.10 Å². The van der Waals surface area contributed by atoms with Crippen LogP contribution in [0.4, 0.5) is 5.82 Å². The average molecular weight is 257 g/mol. The Morgan fingerprint density at radius 3 is 3.16 bits per heavy atom. The van der Waals surface area contributed by atoms with Gasteiger partial charge in [0.05, 0.1) is 6.20 Å². The molecule has 2 aromatic heterocycles. The first kappa shape index (κ1) is 11.2. The molecule has 0 amide bonds. The fourth-order valence-electron chi connectivity index (χ4n) is 3.50. The van der Waals surface area contributed by atoms with Crippen molar-refractivity contribution in [1.82, 2.24) is 19.5 Å². The van der Waals surface area contributed by atoms with Gasteiger partial charge in [-0.25, -0.2) is 9.50 Å². The van der Waals surface area contributed by atoms with Gasteiger partial charge in [-0.15, -0.1) is 0 Å². The second-order valence-electron chi connectivity index (χ2n) is 5.59. The Kier molecular flexibility index (Phi) is 2.65. The molecular formula is C14H19N5. The Balaban J connectivity index is 1.54. The van der Waals surface area contributed by atoms with Crippen molar-refractivity contribution in [1.29, 1.82) is 0 Å². The monoisotopic (exact) mass is 257 g/mol. The van der Waals surface area contributed by atoms with Crippen molar-refractivity contribution in [3.8, 4) is 0 Å². The minimum atomic E-state index is 0.554. The van der Waals surface area contributed by atoms with Crippen LogP contribution in [-0.4, -0.2) is 44.7 Å². The molecule has 2 saturated heterocycles. The predicted octanol–water partition coefficient (Wildman–Crippen LogP) is 1.77. The fraction of sp³-hybridized carbons (Fsp3) is 0.571. The number of piperidine rings is 1. The van der Waals surface area contributed by atoms with E-state index in [4.69, 9.17) is 0 Å². The first-order chi connectivity index (χ1) is 9.40. The third kappa shape index (κ3) is 1.98. The van der Waals surface area contributed by atoms with Crippen LogP contribution >= 0.6 is 0 Å². The number of hydrogen-bond donors (Lipinski definition) is 1. The molecule has 2 atom stereocenters. The zero-order chi connectivity index (χ0) is 12.7. The van der Waals surface area contributed by atoms with Crippen LogP contribution in [0.15, 0.2) is 24.5 Å². The fourth-order valence-corrected chi connectivity index (χ4v) is 3.50. The Bertz CT molecular complexity index is 578. The predicted molar refractivity (Wildman–Crippen MR) is 74.2 cm³/mol. The van der Waals surface area contributed by atoms with Crippen LogP contribution in [0.25, 0.3) is 5.65 Å². The Morgan fingerprint density at radius 2 is 2.16 bits per heavy atom. The normalized spacial score (nSPS) is 27.6. The summed E-state index contributed by atoms with van der Waals surface area (Å²) in [6, 6.07) is 5.22. The minimum absolute atomic E-state index is 0.554. The number of nitrogens with zero attached hydrogens (tertiary/aromatic N) is 4. The summed E-state index contributed by atoms with van der Waals surface area (Å²) in [7, 11) is 0. The van der Waals surface area contributed by atoms with E-state index in [0.29, 0.717) is 12.1 Å². The quantitative estimate of drug-likeness (QED) is 0.890. The van der Waals surface area contributed by atoms with E-state index in [2.05, 4.69) is 20.3 Å². The molecule has 4 rings (SSSR count). The Hall–Kier alpha value is -1.62. The summed E-state index contributed by atoms with van der Waals surface area (Å²) >= 11 is 0. The van der Waals surface area contributed by atoms with Crippen molar-refractivity contribution in [3.05, 3.63) is 24.5 Å². The first-order valence-corrected chi connectivity index (χ1v) is 7.21. The van der Waals surface area contributed by atoms with E-state index in [1.54, 1.807) is 10.7 Å². The van der Waals surface area contributed by atoms with Gasteiger partial charge in [-0.3, -0.25) is 4.90 Å². The van der Waals surface area contributed by atoms with Crippen LogP contribution in [-0.2, 0) is 0 Å². The summed E-state index contributed by atoms with van der Waals surface area (Å²) in [6.45, 7) is 2.51. The molecule has 2 fully saturated rings. The third-order valence-electron chi connectivity index (χ3n) is 4.45. The zero-order valence-electron chi connectivity index (χ0n) is 11.0. The van der Waals surface area contributed by atoms with Crippen molar-refractivity contribution in [2.75, 3.05) is 18.4 Å². The highest BCUT2D eigenvalue weighted by molar-refractivity contribution is 5.46. The molecule has 1 N–H and O–H groups in total. The number of aromatic nitrogens is 3. The van der Waals surface area contributed by atoms with Crippen LogP contribution in [0, 0.1) is 0 Å². The highest BCUT2D eigenvalue weighted by Gasteiger charge is 2.35. The topological polar surface area (TPSA) is 45.5 Å². The van der Waals surface area contributed by atoms with Gasteiger partial charge in [0.1, 0.15) is 5.82 Å². The van der Waals surface area contributed by atoms with Crippen LogP contribution in [0.5, 0.6) is 0 Å². The zero-order valence-corrected chi connectivity index (χ0v) is 11.0. The summed E-state index contributed by atoms with van der Waals surface area (Å²) in [6.07, 6.45) is 9.05. The third-order valence-corrected chi connectivity index (χ3v) is 4.45. The molecule has 19 heavy (non-hydrogen) atoms. The van der Waals surface area contributed by atoms with E-state index in [-0.39, 0.29) is 0 Å². The van der Waals surface area contributed by atoms with Gasteiger partial charge < -0.3 is 5.32 Å². The van der Waals surface area contributed by atoms with E-state index in [9.17, 15) is 0 Å². The van der Waals surface area contributed by atoms with Gasteiger partial charge in [0, 0.05) is 30.9 Å². The van der Waals surface area contributed by atoms with Crippen LogP contribution in [0.2, 0.25) is 0 Å². The molecule has 0 bridgehead atoms. The summed E-state index contributed by atoms with van der Waals surface area (Å²) < 4.78 is 1.80. The second-order valence-corrected chi connectivity index (χ2v) is 5.59. The highest BCUT2D eigenvalue weighted by atomic mass is 15.3. The maximum absolute atomic E-state index is 4.61. The molecule has 0 aliphatic carbocycles. The van der Waals surface area contributed by atoms with Gasteiger partial charge in [0.25, 0.3) is 0 Å².